The molecule has 1 aliphatic heterocycles. The first kappa shape index (κ1) is 12.8. The monoisotopic (exact) mass is 287 g/mol. The maximum Gasteiger partial charge on any atom is 0.272 e. The predicted octanol–water partition coefficient (Wildman–Crippen LogP) is 3.75. The lowest BCUT2D eigenvalue weighted by atomic mass is 10.1. The summed E-state index contributed by atoms with van der Waals surface area (Å²) in [5.74, 6) is 1.03. The van der Waals surface area contributed by atoms with Gasteiger partial charge in [0.2, 0.25) is 5.88 Å². The second-order valence-electron chi connectivity index (χ2n) is 4.75. The average Bonchev–Trinajstić information content (AvgIpc) is 2.93. The molecule has 5 nitrogen and oxygen atoms in total. The van der Waals surface area contributed by atoms with Gasteiger partial charge in [-0.15, -0.1) is 0 Å². The first-order valence-corrected chi connectivity index (χ1v) is 6.64. The standard InChI is InChI=1S/C14H13N3O2S/c1-8(2)17-13(18)11(19-14(17)20)6-9-7-16-12-10(9)4-3-5-15-12/h3-8,18H,1-2H3/b9-6+. The van der Waals surface area contributed by atoms with E-state index in [9.17, 15) is 5.11 Å². The number of allylic oxidation sites excluding steroid dienone is 1. The van der Waals surface area contributed by atoms with E-state index in [1.54, 1.807) is 23.1 Å². The van der Waals surface area contributed by atoms with E-state index < -0.39 is 0 Å². The Morgan fingerprint density at radius 3 is 2.95 bits per heavy atom. The molecule has 0 radical (unpaired) electrons. The lowest BCUT2D eigenvalue weighted by Gasteiger charge is -2.05. The second-order valence-corrected chi connectivity index (χ2v) is 5.10. The molecular formula is C14H13N3O2S. The zero-order valence-electron chi connectivity index (χ0n) is 11.1. The Labute approximate surface area is 120 Å². The molecule has 1 N–H and O–H groups in total. The average molecular weight is 287 g/mol. The summed E-state index contributed by atoms with van der Waals surface area (Å²) in [6, 6.07) is 3.80. The van der Waals surface area contributed by atoms with Crippen molar-refractivity contribution in [2.45, 2.75) is 19.9 Å². The molecule has 0 atom stereocenters. The number of hydrogen-bond acceptors (Lipinski definition) is 5. The summed E-state index contributed by atoms with van der Waals surface area (Å²) >= 11 is 5.12. The van der Waals surface area contributed by atoms with Crippen LogP contribution in [0.25, 0.3) is 11.6 Å². The summed E-state index contributed by atoms with van der Waals surface area (Å²) in [6.07, 6.45) is 5.11. The van der Waals surface area contributed by atoms with Crippen molar-refractivity contribution >= 4 is 35.9 Å². The van der Waals surface area contributed by atoms with Gasteiger partial charge in [-0.2, -0.15) is 0 Å². The van der Waals surface area contributed by atoms with Gasteiger partial charge in [0.25, 0.3) is 4.84 Å². The van der Waals surface area contributed by atoms with Crippen molar-refractivity contribution in [3.8, 4) is 5.88 Å². The second kappa shape index (κ2) is 4.72. The number of pyridine rings is 1. The SMILES string of the molecule is CC(C)n1c(O)c(/C=C2\C=Nc3ncccc32)oc1=S. The zero-order valence-corrected chi connectivity index (χ0v) is 11.9. The Hall–Kier alpha value is -2.21. The van der Waals surface area contributed by atoms with Crippen LogP contribution in [0.4, 0.5) is 5.82 Å². The van der Waals surface area contributed by atoms with Crippen LogP contribution in [0.2, 0.25) is 0 Å². The Kier molecular flexibility index (Phi) is 3.02. The maximum absolute atomic E-state index is 10.2. The van der Waals surface area contributed by atoms with E-state index in [0.717, 1.165) is 11.1 Å². The molecule has 0 unspecified atom stereocenters. The molecule has 0 aliphatic carbocycles. The molecule has 2 aromatic rings. The normalized spacial score (nSPS) is 15.2. The highest BCUT2D eigenvalue weighted by molar-refractivity contribution is 7.71. The van der Waals surface area contributed by atoms with Gasteiger partial charge in [0.1, 0.15) is 0 Å². The molecule has 0 spiro atoms. The van der Waals surface area contributed by atoms with Gasteiger partial charge in [-0.25, -0.2) is 9.98 Å². The molecule has 1 aliphatic rings. The van der Waals surface area contributed by atoms with Crippen LogP contribution in [0.1, 0.15) is 31.2 Å². The summed E-state index contributed by atoms with van der Waals surface area (Å²) in [6.45, 7) is 3.86. The van der Waals surface area contributed by atoms with Gasteiger partial charge < -0.3 is 9.52 Å². The lowest BCUT2D eigenvalue weighted by Crippen LogP contribution is -1.99. The third kappa shape index (κ3) is 1.98. The molecule has 0 saturated carbocycles. The van der Waals surface area contributed by atoms with Crippen LogP contribution >= 0.6 is 12.2 Å². The molecule has 0 saturated heterocycles. The van der Waals surface area contributed by atoms with Crippen LogP contribution in [-0.2, 0) is 0 Å². The summed E-state index contributed by atoms with van der Waals surface area (Å²) in [5.41, 5.74) is 1.74. The maximum atomic E-state index is 10.2. The number of fused-ring (bicyclic) bond motifs is 1. The fraction of sp³-hybridized carbons (Fsp3) is 0.214. The summed E-state index contributed by atoms with van der Waals surface area (Å²) in [7, 11) is 0. The summed E-state index contributed by atoms with van der Waals surface area (Å²) < 4.78 is 7.02. The highest BCUT2D eigenvalue weighted by Crippen LogP contribution is 2.33. The first-order chi connectivity index (χ1) is 9.58. The van der Waals surface area contributed by atoms with Gasteiger partial charge in [0.05, 0.1) is 0 Å². The van der Waals surface area contributed by atoms with E-state index in [2.05, 4.69) is 9.98 Å². The molecule has 20 heavy (non-hydrogen) atoms. The van der Waals surface area contributed by atoms with Crippen LogP contribution < -0.4 is 0 Å². The van der Waals surface area contributed by atoms with E-state index in [1.165, 1.54) is 0 Å². The van der Waals surface area contributed by atoms with Gasteiger partial charge in [0, 0.05) is 29.6 Å². The molecule has 0 bridgehead atoms. The van der Waals surface area contributed by atoms with Crippen LogP contribution in [0, 0.1) is 4.84 Å². The van der Waals surface area contributed by atoms with Gasteiger partial charge in [-0.1, -0.05) is 0 Å². The van der Waals surface area contributed by atoms with Crippen molar-refractivity contribution in [3.63, 3.8) is 0 Å². The molecular weight excluding hydrogens is 274 g/mol. The minimum atomic E-state index is 0.0308. The van der Waals surface area contributed by atoms with Crippen LogP contribution in [-0.4, -0.2) is 20.9 Å². The van der Waals surface area contributed by atoms with Crippen molar-refractivity contribution < 1.29 is 9.52 Å². The Balaban J connectivity index is 2.10. The number of oxazole rings is 1. The Bertz CT molecular complexity index is 784. The third-order valence-electron chi connectivity index (χ3n) is 3.07. The van der Waals surface area contributed by atoms with E-state index in [0.29, 0.717) is 11.6 Å². The quantitative estimate of drug-likeness (QED) is 0.854. The minimum Gasteiger partial charge on any atom is -0.492 e. The number of aliphatic imine (C=N–C) groups is 1. The van der Waals surface area contributed by atoms with Gasteiger partial charge in [-0.3, -0.25) is 4.57 Å². The topological polar surface area (TPSA) is 63.5 Å². The van der Waals surface area contributed by atoms with E-state index in [-0.39, 0.29) is 16.8 Å². The van der Waals surface area contributed by atoms with Crippen LogP contribution in [0.15, 0.2) is 27.7 Å². The van der Waals surface area contributed by atoms with Gasteiger partial charge in [-0.05, 0) is 44.3 Å². The fourth-order valence-corrected chi connectivity index (χ4v) is 2.51. The molecule has 0 fully saturated rings. The largest absolute Gasteiger partial charge is 0.492 e. The predicted molar refractivity (Wildman–Crippen MR) is 79.8 cm³/mol. The van der Waals surface area contributed by atoms with Crippen LogP contribution in [0.3, 0.4) is 0 Å². The van der Waals surface area contributed by atoms with Gasteiger partial charge in [0.15, 0.2) is 11.6 Å². The molecule has 102 valence electrons. The molecule has 6 heteroatoms. The highest BCUT2D eigenvalue weighted by Gasteiger charge is 2.18. The number of nitrogens with zero attached hydrogens (tertiary/aromatic N) is 3. The number of rotatable bonds is 2. The Morgan fingerprint density at radius 2 is 2.25 bits per heavy atom. The molecule has 0 amide bonds. The lowest BCUT2D eigenvalue weighted by molar-refractivity contribution is 0.397. The summed E-state index contributed by atoms with van der Waals surface area (Å²) in [5, 5.41) is 10.2. The molecule has 3 rings (SSSR count). The van der Waals surface area contributed by atoms with E-state index in [4.69, 9.17) is 16.6 Å². The molecule has 0 aromatic carbocycles. The van der Waals surface area contributed by atoms with Crippen LogP contribution in [0.5, 0.6) is 5.88 Å². The van der Waals surface area contributed by atoms with Crippen molar-refractivity contribution in [3.05, 3.63) is 34.5 Å². The summed E-state index contributed by atoms with van der Waals surface area (Å²) in [4.78, 5) is 8.63. The van der Waals surface area contributed by atoms with Crippen molar-refractivity contribution in [2.24, 2.45) is 4.99 Å². The van der Waals surface area contributed by atoms with Crippen molar-refractivity contribution in [2.75, 3.05) is 0 Å². The zero-order chi connectivity index (χ0) is 14.3. The molecule has 3 heterocycles. The minimum absolute atomic E-state index is 0.0308. The third-order valence-corrected chi connectivity index (χ3v) is 3.35. The molecule has 2 aromatic heterocycles. The smallest absolute Gasteiger partial charge is 0.272 e. The van der Waals surface area contributed by atoms with Crippen molar-refractivity contribution in [1.29, 1.82) is 0 Å². The number of hydrogen-bond donors (Lipinski definition) is 1. The first-order valence-electron chi connectivity index (χ1n) is 6.23. The van der Waals surface area contributed by atoms with Crippen molar-refractivity contribution in [1.82, 2.24) is 9.55 Å². The fourth-order valence-electron chi connectivity index (χ4n) is 2.13. The Morgan fingerprint density at radius 1 is 1.45 bits per heavy atom. The van der Waals surface area contributed by atoms with Gasteiger partial charge >= 0.3 is 0 Å². The van der Waals surface area contributed by atoms with E-state index in [1.807, 2.05) is 26.0 Å². The van der Waals surface area contributed by atoms with E-state index >= 15 is 0 Å². The number of aromatic hydroxyl groups is 1. The highest BCUT2D eigenvalue weighted by atomic mass is 32.1. The number of aromatic nitrogens is 2.